The minimum absolute atomic E-state index is 0.108. The van der Waals surface area contributed by atoms with Gasteiger partial charge < -0.3 is 15.1 Å². The smallest absolute Gasteiger partial charge is 0.223 e. The topological polar surface area (TPSA) is 61.4 Å². The van der Waals surface area contributed by atoms with Gasteiger partial charge in [-0.15, -0.1) is 0 Å². The van der Waals surface area contributed by atoms with E-state index in [-0.39, 0.29) is 5.91 Å². The fourth-order valence-corrected chi connectivity index (χ4v) is 3.10. The third kappa shape index (κ3) is 2.73. The molecule has 1 aliphatic heterocycles. The highest BCUT2D eigenvalue weighted by molar-refractivity contribution is 7.21. The molecule has 2 aromatic rings. The number of fused-ring (bicyclic) bond motifs is 1. The Morgan fingerprint density at radius 2 is 2.00 bits per heavy atom. The summed E-state index contributed by atoms with van der Waals surface area (Å²) in [6, 6.07) is 3.97. The molecule has 0 radical (unpaired) electrons. The van der Waals surface area contributed by atoms with E-state index < -0.39 is 0 Å². The van der Waals surface area contributed by atoms with Gasteiger partial charge in [0.05, 0.1) is 0 Å². The van der Waals surface area contributed by atoms with Crippen LogP contribution in [0.25, 0.3) is 10.3 Å². The minimum atomic E-state index is -0.108. The van der Waals surface area contributed by atoms with Crippen molar-refractivity contribution in [2.24, 2.45) is 0 Å². The van der Waals surface area contributed by atoms with Crippen LogP contribution in [0.5, 0.6) is 0 Å². The quantitative estimate of drug-likeness (QED) is 0.906. The lowest BCUT2D eigenvalue weighted by molar-refractivity contribution is -0.114. The fourth-order valence-electron chi connectivity index (χ4n) is 2.22. The number of rotatable bonds is 2. The number of carbonyl (C=O) groups is 1. The summed E-state index contributed by atoms with van der Waals surface area (Å²) in [5.41, 5.74) is 0.830. The summed E-state index contributed by atoms with van der Waals surface area (Å²) < 4.78 is 0. The number of anilines is 2. The number of carbonyl (C=O) groups excluding carboxylic acids is 1. The van der Waals surface area contributed by atoms with E-state index in [1.165, 1.54) is 18.3 Å². The van der Waals surface area contributed by atoms with Crippen molar-refractivity contribution in [3.8, 4) is 0 Å². The first-order chi connectivity index (χ1) is 9.61. The SMILES string of the molecule is CC(=O)Nc1nc2ccc(N3CCN(C)CC3)nc2s1. The average Bonchev–Trinajstić information content (AvgIpc) is 2.79. The Morgan fingerprint density at radius 3 is 2.70 bits per heavy atom. The van der Waals surface area contributed by atoms with Crippen LogP contribution in [0, 0.1) is 0 Å². The fraction of sp³-hybridized carbons (Fsp3) is 0.462. The van der Waals surface area contributed by atoms with Crippen LogP contribution >= 0.6 is 11.3 Å². The maximum absolute atomic E-state index is 11.1. The molecule has 1 aliphatic rings. The Kier molecular flexibility index (Phi) is 3.54. The summed E-state index contributed by atoms with van der Waals surface area (Å²) in [7, 11) is 2.14. The van der Waals surface area contributed by atoms with Gasteiger partial charge in [0, 0.05) is 33.1 Å². The molecule has 1 N–H and O–H groups in total. The number of amides is 1. The molecule has 0 bridgehead atoms. The van der Waals surface area contributed by atoms with Gasteiger partial charge in [0.25, 0.3) is 0 Å². The molecule has 2 aromatic heterocycles. The molecule has 3 rings (SSSR count). The van der Waals surface area contributed by atoms with Gasteiger partial charge in [0.2, 0.25) is 5.91 Å². The monoisotopic (exact) mass is 291 g/mol. The second-order valence-corrected chi connectivity index (χ2v) is 5.96. The molecule has 106 valence electrons. The normalized spacial score (nSPS) is 16.6. The summed E-state index contributed by atoms with van der Waals surface area (Å²) in [6.45, 7) is 5.58. The van der Waals surface area contributed by atoms with Crippen molar-refractivity contribution in [1.29, 1.82) is 0 Å². The molecule has 0 aliphatic carbocycles. The molecule has 3 heterocycles. The number of piperazine rings is 1. The Labute approximate surface area is 121 Å². The second kappa shape index (κ2) is 5.34. The van der Waals surface area contributed by atoms with Crippen molar-refractivity contribution in [1.82, 2.24) is 14.9 Å². The number of thiazole rings is 1. The van der Waals surface area contributed by atoms with Crippen molar-refractivity contribution in [3.63, 3.8) is 0 Å². The molecule has 7 heteroatoms. The van der Waals surface area contributed by atoms with Crippen LogP contribution in [0.4, 0.5) is 10.9 Å². The molecular formula is C13H17N5OS. The van der Waals surface area contributed by atoms with Gasteiger partial charge in [-0.25, -0.2) is 9.97 Å². The number of nitrogens with zero attached hydrogens (tertiary/aromatic N) is 4. The maximum Gasteiger partial charge on any atom is 0.223 e. The zero-order valence-electron chi connectivity index (χ0n) is 11.6. The van der Waals surface area contributed by atoms with E-state index in [9.17, 15) is 4.79 Å². The molecule has 0 unspecified atom stereocenters. The number of hydrogen-bond donors (Lipinski definition) is 1. The molecule has 0 atom stereocenters. The average molecular weight is 291 g/mol. The van der Waals surface area contributed by atoms with Crippen LogP contribution in [-0.4, -0.2) is 54.0 Å². The molecule has 6 nitrogen and oxygen atoms in total. The van der Waals surface area contributed by atoms with Crippen molar-refractivity contribution < 1.29 is 4.79 Å². The van der Waals surface area contributed by atoms with Gasteiger partial charge >= 0.3 is 0 Å². The summed E-state index contributed by atoms with van der Waals surface area (Å²) in [5.74, 6) is 0.881. The number of nitrogens with one attached hydrogen (secondary N) is 1. The predicted octanol–water partition coefficient (Wildman–Crippen LogP) is 1.40. The molecule has 20 heavy (non-hydrogen) atoms. The van der Waals surface area contributed by atoms with Crippen LogP contribution in [0.2, 0.25) is 0 Å². The number of pyridine rings is 1. The largest absolute Gasteiger partial charge is 0.354 e. The van der Waals surface area contributed by atoms with Gasteiger partial charge in [-0.1, -0.05) is 11.3 Å². The van der Waals surface area contributed by atoms with Gasteiger partial charge in [-0.2, -0.15) is 0 Å². The summed E-state index contributed by atoms with van der Waals surface area (Å²) in [6.07, 6.45) is 0. The van der Waals surface area contributed by atoms with Crippen LogP contribution in [-0.2, 0) is 4.79 Å². The third-order valence-electron chi connectivity index (χ3n) is 3.35. The minimum Gasteiger partial charge on any atom is -0.354 e. The molecule has 1 amide bonds. The van der Waals surface area contributed by atoms with E-state index in [1.54, 1.807) is 0 Å². The first-order valence-corrected chi connectivity index (χ1v) is 7.42. The summed E-state index contributed by atoms with van der Waals surface area (Å²) >= 11 is 1.41. The van der Waals surface area contributed by atoms with E-state index in [1.807, 2.05) is 12.1 Å². The van der Waals surface area contributed by atoms with E-state index in [0.29, 0.717) is 5.13 Å². The second-order valence-electron chi connectivity index (χ2n) is 4.98. The number of aromatic nitrogens is 2. The highest BCUT2D eigenvalue weighted by atomic mass is 32.1. The van der Waals surface area contributed by atoms with Crippen LogP contribution in [0.15, 0.2) is 12.1 Å². The zero-order valence-corrected chi connectivity index (χ0v) is 12.4. The van der Waals surface area contributed by atoms with Crippen LogP contribution in [0.1, 0.15) is 6.92 Å². The lowest BCUT2D eigenvalue weighted by Gasteiger charge is -2.33. The van der Waals surface area contributed by atoms with Crippen molar-refractivity contribution >= 4 is 38.5 Å². The van der Waals surface area contributed by atoms with Gasteiger partial charge in [0.15, 0.2) is 5.13 Å². The van der Waals surface area contributed by atoms with Crippen molar-refractivity contribution in [2.75, 3.05) is 43.4 Å². The van der Waals surface area contributed by atoms with Gasteiger partial charge in [-0.05, 0) is 19.2 Å². The van der Waals surface area contributed by atoms with E-state index >= 15 is 0 Å². The Hall–Kier alpha value is -1.73. The molecular weight excluding hydrogens is 274 g/mol. The van der Waals surface area contributed by atoms with E-state index in [0.717, 1.165) is 42.3 Å². The summed E-state index contributed by atoms with van der Waals surface area (Å²) in [4.78, 5) is 25.5. The van der Waals surface area contributed by atoms with E-state index in [4.69, 9.17) is 0 Å². The Bertz CT molecular complexity index is 633. The molecule has 1 saturated heterocycles. The first kappa shape index (κ1) is 13.3. The van der Waals surface area contributed by atoms with Gasteiger partial charge in [0.1, 0.15) is 16.2 Å². The Balaban J connectivity index is 1.84. The lowest BCUT2D eigenvalue weighted by Crippen LogP contribution is -2.44. The third-order valence-corrected chi connectivity index (χ3v) is 4.23. The first-order valence-electron chi connectivity index (χ1n) is 6.60. The number of hydrogen-bond acceptors (Lipinski definition) is 6. The Morgan fingerprint density at radius 1 is 1.25 bits per heavy atom. The van der Waals surface area contributed by atoms with Crippen LogP contribution in [0.3, 0.4) is 0 Å². The van der Waals surface area contributed by atoms with Crippen molar-refractivity contribution in [3.05, 3.63) is 12.1 Å². The van der Waals surface area contributed by atoms with Gasteiger partial charge in [-0.3, -0.25) is 4.79 Å². The molecule has 1 fully saturated rings. The molecule has 0 saturated carbocycles. The summed E-state index contributed by atoms with van der Waals surface area (Å²) in [5, 5.41) is 3.31. The molecule has 0 aromatic carbocycles. The highest BCUT2D eigenvalue weighted by Crippen LogP contribution is 2.26. The number of likely N-dealkylation sites (N-methyl/N-ethyl adjacent to an activating group) is 1. The molecule has 0 spiro atoms. The standard InChI is InChI=1S/C13H17N5OS/c1-9(19)14-13-15-10-3-4-11(16-12(10)20-13)18-7-5-17(2)6-8-18/h3-4H,5-8H2,1-2H3,(H,14,15,19). The highest BCUT2D eigenvalue weighted by Gasteiger charge is 2.16. The van der Waals surface area contributed by atoms with E-state index in [2.05, 4.69) is 32.1 Å². The van der Waals surface area contributed by atoms with Crippen LogP contribution < -0.4 is 10.2 Å². The predicted molar refractivity (Wildman–Crippen MR) is 81.4 cm³/mol. The maximum atomic E-state index is 11.1. The lowest BCUT2D eigenvalue weighted by atomic mass is 10.3. The van der Waals surface area contributed by atoms with Crippen molar-refractivity contribution in [2.45, 2.75) is 6.92 Å². The zero-order chi connectivity index (χ0) is 14.1.